The number of benzene rings is 1. The number of piperidine rings is 1. The Morgan fingerprint density at radius 1 is 1.23 bits per heavy atom. The van der Waals surface area contributed by atoms with Gasteiger partial charge in [-0.3, -0.25) is 4.79 Å². The first-order valence-corrected chi connectivity index (χ1v) is 10.6. The van der Waals surface area contributed by atoms with E-state index in [-0.39, 0.29) is 10.8 Å². The van der Waals surface area contributed by atoms with E-state index in [2.05, 4.69) is 5.32 Å². The normalized spacial score (nSPS) is 20.3. The van der Waals surface area contributed by atoms with E-state index in [4.69, 9.17) is 9.47 Å². The van der Waals surface area contributed by atoms with Gasteiger partial charge in [0, 0.05) is 38.0 Å². The highest BCUT2D eigenvalue weighted by Gasteiger charge is 2.42. The summed E-state index contributed by atoms with van der Waals surface area (Å²) in [4.78, 5) is 12.3. The maximum atomic E-state index is 12.9. The van der Waals surface area contributed by atoms with E-state index in [0.29, 0.717) is 51.3 Å². The number of carbonyl (C=O) groups is 1. The van der Waals surface area contributed by atoms with Gasteiger partial charge >= 0.3 is 0 Å². The molecule has 1 amide bonds. The number of sulfonamides is 1. The number of unbranched alkanes of at least 4 members (excludes halogenated alkanes) is 1. The van der Waals surface area contributed by atoms with Crippen molar-refractivity contribution < 1.29 is 22.7 Å². The Kier molecular flexibility index (Phi) is 5.96. The fraction of sp³-hybridized carbons (Fsp3) is 0.611. The van der Waals surface area contributed by atoms with Gasteiger partial charge in [0.15, 0.2) is 5.79 Å². The van der Waals surface area contributed by atoms with E-state index in [1.165, 1.54) is 16.4 Å². The summed E-state index contributed by atoms with van der Waals surface area (Å²) in [7, 11) is -3.65. The van der Waals surface area contributed by atoms with Gasteiger partial charge in [-0.05, 0) is 24.6 Å². The summed E-state index contributed by atoms with van der Waals surface area (Å²) in [6.07, 6.45) is 2.91. The fourth-order valence-corrected chi connectivity index (χ4v) is 4.77. The number of carbonyl (C=O) groups excluding carboxylic acids is 1. The summed E-state index contributed by atoms with van der Waals surface area (Å²) in [6, 6.07) is 6.22. The number of rotatable bonds is 6. The van der Waals surface area contributed by atoms with Gasteiger partial charge in [0.2, 0.25) is 10.0 Å². The Hall–Kier alpha value is -1.48. The van der Waals surface area contributed by atoms with Crippen LogP contribution in [0, 0.1) is 0 Å². The van der Waals surface area contributed by atoms with Gasteiger partial charge in [0.1, 0.15) is 0 Å². The highest BCUT2D eigenvalue weighted by molar-refractivity contribution is 7.89. The quantitative estimate of drug-likeness (QED) is 0.758. The Morgan fingerprint density at radius 3 is 2.58 bits per heavy atom. The summed E-state index contributed by atoms with van der Waals surface area (Å²) in [5.74, 6) is -0.867. The van der Waals surface area contributed by atoms with E-state index in [1.807, 2.05) is 6.92 Å². The molecule has 0 aromatic heterocycles. The minimum atomic E-state index is -3.65. The molecule has 1 aromatic rings. The van der Waals surface area contributed by atoms with Crippen molar-refractivity contribution in [2.75, 3.05) is 32.8 Å². The average Bonchev–Trinajstić information content (AvgIpc) is 3.10. The molecular formula is C18H26N2O5S. The van der Waals surface area contributed by atoms with E-state index in [0.717, 1.165) is 12.8 Å². The third-order valence-electron chi connectivity index (χ3n) is 4.85. The van der Waals surface area contributed by atoms with E-state index in [1.54, 1.807) is 12.1 Å². The third-order valence-corrected chi connectivity index (χ3v) is 6.74. The SMILES string of the molecule is CCCCNC(=O)c1cccc(S(=O)(=O)N2CCC3(CC2)OCCO3)c1. The predicted octanol–water partition coefficient (Wildman–Crippen LogP) is 1.74. The van der Waals surface area contributed by atoms with Crippen LogP contribution in [0.2, 0.25) is 0 Å². The van der Waals surface area contributed by atoms with Gasteiger partial charge in [-0.2, -0.15) is 4.31 Å². The summed E-state index contributed by atoms with van der Waals surface area (Å²) < 4.78 is 38.6. The highest BCUT2D eigenvalue weighted by atomic mass is 32.2. The smallest absolute Gasteiger partial charge is 0.251 e. The zero-order chi connectivity index (χ0) is 18.6. The molecule has 0 unspecified atom stereocenters. The van der Waals surface area contributed by atoms with Gasteiger partial charge in [-0.15, -0.1) is 0 Å². The van der Waals surface area contributed by atoms with Gasteiger partial charge < -0.3 is 14.8 Å². The number of hydrogen-bond acceptors (Lipinski definition) is 5. The molecule has 2 fully saturated rings. The van der Waals surface area contributed by atoms with E-state index >= 15 is 0 Å². The second-order valence-corrected chi connectivity index (χ2v) is 8.59. The van der Waals surface area contributed by atoms with Crippen LogP contribution in [0.1, 0.15) is 43.0 Å². The second kappa shape index (κ2) is 8.04. The van der Waals surface area contributed by atoms with Crippen molar-refractivity contribution in [3.05, 3.63) is 29.8 Å². The van der Waals surface area contributed by atoms with Crippen LogP contribution in [0.3, 0.4) is 0 Å². The molecule has 8 heteroatoms. The maximum absolute atomic E-state index is 12.9. The zero-order valence-electron chi connectivity index (χ0n) is 15.1. The monoisotopic (exact) mass is 382 g/mol. The molecular weight excluding hydrogens is 356 g/mol. The number of amides is 1. The Labute approximate surface area is 154 Å². The van der Waals surface area contributed by atoms with Crippen LogP contribution >= 0.6 is 0 Å². The number of nitrogens with zero attached hydrogens (tertiary/aromatic N) is 1. The van der Waals surface area contributed by atoms with E-state index < -0.39 is 15.8 Å². The molecule has 2 heterocycles. The van der Waals surface area contributed by atoms with E-state index in [9.17, 15) is 13.2 Å². The largest absolute Gasteiger partial charge is 0.352 e. The number of ether oxygens (including phenoxy) is 2. The molecule has 3 rings (SSSR count). The summed E-state index contributed by atoms with van der Waals surface area (Å²) in [5.41, 5.74) is 0.359. The first-order valence-electron chi connectivity index (χ1n) is 9.13. The molecule has 1 N–H and O–H groups in total. The van der Waals surface area contributed by atoms with Crippen LogP contribution in [0.5, 0.6) is 0 Å². The Morgan fingerprint density at radius 2 is 1.92 bits per heavy atom. The molecule has 26 heavy (non-hydrogen) atoms. The first-order chi connectivity index (χ1) is 12.5. The zero-order valence-corrected chi connectivity index (χ0v) is 15.9. The molecule has 2 saturated heterocycles. The summed E-state index contributed by atoms with van der Waals surface area (Å²) >= 11 is 0. The Balaban J connectivity index is 1.69. The standard InChI is InChI=1S/C18H26N2O5S/c1-2-3-9-19-17(21)15-5-4-6-16(14-15)26(22,23)20-10-7-18(8-11-20)24-12-13-25-18/h4-6,14H,2-3,7-13H2,1H3,(H,19,21). The molecule has 0 saturated carbocycles. The minimum absolute atomic E-state index is 0.143. The van der Waals surface area contributed by atoms with Crippen molar-refractivity contribution in [1.29, 1.82) is 0 Å². The van der Waals surface area contributed by atoms with Crippen molar-refractivity contribution in [3.63, 3.8) is 0 Å². The van der Waals surface area contributed by atoms with Crippen LogP contribution in [0.15, 0.2) is 29.2 Å². The first kappa shape index (κ1) is 19.3. The molecule has 0 aliphatic carbocycles. The average molecular weight is 382 g/mol. The third kappa shape index (κ3) is 4.09. The molecule has 144 valence electrons. The topological polar surface area (TPSA) is 84.9 Å². The lowest BCUT2D eigenvalue weighted by Gasteiger charge is -2.36. The van der Waals surface area contributed by atoms with Crippen molar-refractivity contribution in [1.82, 2.24) is 9.62 Å². The van der Waals surface area contributed by atoms with Crippen molar-refractivity contribution >= 4 is 15.9 Å². The van der Waals surface area contributed by atoms with Gasteiger partial charge in [-0.1, -0.05) is 19.4 Å². The number of nitrogens with one attached hydrogen (secondary N) is 1. The molecule has 7 nitrogen and oxygen atoms in total. The van der Waals surface area contributed by atoms with Gasteiger partial charge in [-0.25, -0.2) is 8.42 Å². The molecule has 0 radical (unpaired) electrons. The van der Waals surface area contributed by atoms with Crippen LogP contribution in [0.25, 0.3) is 0 Å². The van der Waals surface area contributed by atoms with Crippen LogP contribution in [-0.2, 0) is 19.5 Å². The maximum Gasteiger partial charge on any atom is 0.251 e. The molecule has 2 aliphatic heterocycles. The Bertz CT molecular complexity index is 734. The lowest BCUT2D eigenvalue weighted by molar-refractivity contribution is -0.179. The highest BCUT2D eigenvalue weighted by Crippen LogP contribution is 2.33. The van der Waals surface area contributed by atoms with Crippen molar-refractivity contribution in [3.8, 4) is 0 Å². The lowest BCUT2D eigenvalue weighted by Crippen LogP contribution is -2.47. The van der Waals surface area contributed by atoms with Crippen LogP contribution in [-0.4, -0.2) is 57.3 Å². The minimum Gasteiger partial charge on any atom is -0.352 e. The fourth-order valence-electron chi connectivity index (χ4n) is 3.28. The van der Waals surface area contributed by atoms with Crippen molar-refractivity contribution in [2.45, 2.75) is 43.3 Å². The van der Waals surface area contributed by atoms with Crippen LogP contribution in [0.4, 0.5) is 0 Å². The molecule has 2 aliphatic rings. The van der Waals surface area contributed by atoms with Gasteiger partial charge in [0.05, 0.1) is 18.1 Å². The summed E-state index contributed by atoms with van der Waals surface area (Å²) in [5, 5.41) is 2.81. The molecule has 0 bridgehead atoms. The molecule has 1 spiro atoms. The second-order valence-electron chi connectivity index (χ2n) is 6.65. The van der Waals surface area contributed by atoms with Crippen molar-refractivity contribution in [2.24, 2.45) is 0 Å². The molecule has 0 atom stereocenters. The van der Waals surface area contributed by atoms with Gasteiger partial charge in [0.25, 0.3) is 5.91 Å². The summed E-state index contributed by atoms with van der Waals surface area (Å²) in [6.45, 7) is 4.43. The number of hydrogen-bond donors (Lipinski definition) is 1. The predicted molar refractivity (Wildman–Crippen MR) is 96.3 cm³/mol. The lowest BCUT2D eigenvalue weighted by atomic mass is 10.1. The van der Waals surface area contributed by atoms with Crippen LogP contribution < -0.4 is 5.32 Å². The molecule has 1 aromatic carbocycles.